The number of nitrogens with zero attached hydrogens (tertiary/aromatic N) is 2. The summed E-state index contributed by atoms with van der Waals surface area (Å²) in [5.74, 6) is 1.98. The van der Waals surface area contributed by atoms with E-state index in [0.717, 1.165) is 29.5 Å². The predicted octanol–water partition coefficient (Wildman–Crippen LogP) is 2.83. The Morgan fingerprint density at radius 2 is 2.00 bits per heavy atom. The average Bonchev–Trinajstić information content (AvgIpc) is 3.08. The second kappa shape index (κ2) is 5.43. The second-order valence-corrected chi connectivity index (χ2v) is 6.22. The molecule has 0 bridgehead atoms. The van der Waals surface area contributed by atoms with Crippen molar-refractivity contribution in [1.29, 1.82) is 5.41 Å². The van der Waals surface area contributed by atoms with E-state index in [1.807, 2.05) is 19.1 Å². The number of nitrogens with one attached hydrogen (secondary N) is 1. The van der Waals surface area contributed by atoms with Gasteiger partial charge in [0.1, 0.15) is 11.7 Å². The molecule has 0 spiro atoms. The van der Waals surface area contributed by atoms with Crippen LogP contribution in [-0.2, 0) is 0 Å². The Morgan fingerprint density at radius 3 is 2.70 bits per heavy atom. The molecule has 1 aromatic heterocycles. The summed E-state index contributed by atoms with van der Waals surface area (Å²) in [7, 11) is 0. The van der Waals surface area contributed by atoms with Gasteiger partial charge in [-0.25, -0.2) is 4.98 Å². The lowest BCUT2D eigenvalue weighted by atomic mass is 9.96. The van der Waals surface area contributed by atoms with Gasteiger partial charge in [-0.1, -0.05) is 12.8 Å². The Morgan fingerprint density at radius 1 is 1.25 bits per heavy atom. The summed E-state index contributed by atoms with van der Waals surface area (Å²) in [6, 6.07) is 4.53. The average molecular weight is 272 g/mol. The molecule has 0 aromatic carbocycles. The van der Waals surface area contributed by atoms with Crippen molar-refractivity contribution in [3.63, 3.8) is 0 Å². The maximum Gasteiger partial charge on any atom is 0.129 e. The highest BCUT2D eigenvalue weighted by molar-refractivity contribution is 5.95. The quantitative estimate of drug-likeness (QED) is 0.657. The molecule has 0 radical (unpaired) electrons. The molecule has 1 atom stereocenters. The van der Waals surface area contributed by atoms with Crippen molar-refractivity contribution in [2.45, 2.75) is 51.5 Å². The highest BCUT2D eigenvalue weighted by Crippen LogP contribution is 2.37. The Kier molecular flexibility index (Phi) is 3.64. The van der Waals surface area contributed by atoms with E-state index in [-0.39, 0.29) is 5.84 Å². The minimum absolute atomic E-state index is 0.133. The van der Waals surface area contributed by atoms with E-state index in [1.165, 1.54) is 38.5 Å². The van der Waals surface area contributed by atoms with Crippen LogP contribution in [0.4, 0.5) is 5.82 Å². The molecule has 1 unspecified atom stereocenters. The summed E-state index contributed by atoms with van der Waals surface area (Å²) in [4.78, 5) is 7.16. The Hall–Kier alpha value is -1.58. The number of pyridine rings is 1. The normalized spacial score (nSPS) is 23.4. The fourth-order valence-corrected chi connectivity index (χ4v) is 3.86. The molecule has 1 saturated heterocycles. The topological polar surface area (TPSA) is 66.0 Å². The first-order chi connectivity index (χ1) is 9.65. The molecular formula is C16H24N4. The molecule has 1 saturated carbocycles. The summed E-state index contributed by atoms with van der Waals surface area (Å²) in [5.41, 5.74) is 7.39. The van der Waals surface area contributed by atoms with Crippen molar-refractivity contribution in [2.75, 3.05) is 11.4 Å². The van der Waals surface area contributed by atoms with Crippen molar-refractivity contribution in [3.8, 4) is 0 Å². The van der Waals surface area contributed by atoms with Gasteiger partial charge < -0.3 is 10.6 Å². The first-order valence-electron chi connectivity index (χ1n) is 7.75. The summed E-state index contributed by atoms with van der Waals surface area (Å²) < 4.78 is 0. The van der Waals surface area contributed by atoms with Crippen LogP contribution >= 0.6 is 0 Å². The van der Waals surface area contributed by atoms with Gasteiger partial charge in [0.05, 0.1) is 0 Å². The zero-order chi connectivity index (χ0) is 14.1. The lowest BCUT2D eigenvalue weighted by molar-refractivity contribution is 0.429. The van der Waals surface area contributed by atoms with Crippen LogP contribution in [0.5, 0.6) is 0 Å². The summed E-state index contributed by atoms with van der Waals surface area (Å²) in [5, 5.41) is 7.65. The van der Waals surface area contributed by atoms with Gasteiger partial charge in [0.25, 0.3) is 0 Å². The van der Waals surface area contributed by atoms with E-state index in [1.54, 1.807) is 0 Å². The van der Waals surface area contributed by atoms with Crippen LogP contribution in [0.25, 0.3) is 0 Å². The van der Waals surface area contributed by atoms with Crippen molar-refractivity contribution in [2.24, 2.45) is 11.7 Å². The lowest BCUT2D eigenvalue weighted by Crippen LogP contribution is -2.35. The van der Waals surface area contributed by atoms with E-state index < -0.39 is 0 Å². The Balaban J connectivity index is 1.88. The molecule has 108 valence electrons. The van der Waals surface area contributed by atoms with Crippen molar-refractivity contribution in [3.05, 3.63) is 23.4 Å². The third-order valence-corrected chi connectivity index (χ3v) is 4.79. The third-order valence-electron chi connectivity index (χ3n) is 4.79. The molecule has 20 heavy (non-hydrogen) atoms. The van der Waals surface area contributed by atoms with E-state index >= 15 is 0 Å². The molecular weight excluding hydrogens is 248 g/mol. The van der Waals surface area contributed by atoms with Crippen LogP contribution in [0, 0.1) is 18.3 Å². The minimum atomic E-state index is 0.133. The minimum Gasteiger partial charge on any atom is -0.384 e. The van der Waals surface area contributed by atoms with E-state index in [0.29, 0.717) is 6.04 Å². The van der Waals surface area contributed by atoms with Crippen LogP contribution in [0.15, 0.2) is 12.1 Å². The Labute approximate surface area is 120 Å². The number of rotatable bonds is 3. The highest BCUT2D eigenvalue weighted by atomic mass is 15.2. The van der Waals surface area contributed by atoms with Gasteiger partial charge in [-0.05, 0) is 50.7 Å². The van der Waals surface area contributed by atoms with Gasteiger partial charge in [0.2, 0.25) is 0 Å². The number of hydrogen-bond donors (Lipinski definition) is 2. The molecule has 2 heterocycles. The summed E-state index contributed by atoms with van der Waals surface area (Å²) in [6.07, 6.45) is 8.05. The van der Waals surface area contributed by atoms with Crippen LogP contribution in [-0.4, -0.2) is 23.4 Å². The van der Waals surface area contributed by atoms with Crippen molar-refractivity contribution >= 4 is 11.7 Å². The predicted molar refractivity (Wildman–Crippen MR) is 82.3 cm³/mol. The van der Waals surface area contributed by atoms with Crippen LogP contribution in [0.3, 0.4) is 0 Å². The van der Waals surface area contributed by atoms with Gasteiger partial charge in [0.15, 0.2) is 0 Å². The lowest BCUT2D eigenvalue weighted by Gasteiger charge is -2.30. The van der Waals surface area contributed by atoms with Gasteiger partial charge in [-0.15, -0.1) is 0 Å². The molecule has 4 nitrogen and oxygen atoms in total. The van der Waals surface area contributed by atoms with Crippen molar-refractivity contribution in [1.82, 2.24) is 4.98 Å². The second-order valence-electron chi connectivity index (χ2n) is 6.22. The zero-order valence-electron chi connectivity index (χ0n) is 12.2. The SMILES string of the molecule is Cc1cc(C(=N)N)cc(N2CCCC2C2CCCC2)n1. The first kappa shape index (κ1) is 13.4. The fraction of sp³-hybridized carbons (Fsp3) is 0.625. The van der Waals surface area contributed by atoms with Gasteiger partial charge in [-0.2, -0.15) is 0 Å². The van der Waals surface area contributed by atoms with E-state index in [2.05, 4.69) is 4.90 Å². The highest BCUT2D eigenvalue weighted by Gasteiger charge is 2.34. The monoisotopic (exact) mass is 272 g/mol. The van der Waals surface area contributed by atoms with E-state index in [9.17, 15) is 0 Å². The van der Waals surface area contributed by atoms with Gasteiger partial charge in [-0.3, -0.25) is 5.41 Å². The standard InChI is InChI=1S/C16H24N4/c1-11-9-13(16(17)18)10-15(19-11)20-8-4-7-14(20)12-5-2-3-6-12/h9-10,12,14H,2-8H2,1H3,(H3,17,18). The summed E-state index contributed by atoms with van der Waals surface area (Å²) in [6.45, 7) is 3.07. The molecule has 2 aliphatic rings. The number of aryl methyl sites for hydroxylation is 1. The molecule has 1 aliphatic heterocycles. The Bertz CT molecular complexity index is 505. The van der Waals surface area contributed by atoms with Crippen LogP contribution in [0.2, 0.25) is 0 Å². The molecule has 1 aromatic rings. The fourth-order valence-electron chi connectivity index (χ4n) is 3.86. The number of hydrogen-bond acceptors (Lipinski definition) is 3. The van der Waals surface area contributed by atoms with Gasteiger partial charge in [0, 0.05) is 23.8 Å². The smallest absolute Gasteiger partial charge is 0.129 e. The number of anilines is 1. The van der Waals surface area contributed by atoms with Gasteiger partial charge >= 0.3 is 0 Å². The number of aromatic nitrogens is 1. The first-order valence-corrected chi connectivity index (χ1v) is 7.75. The van der Waals surface area contributed by atoms with Crippen LogP contribution in [0.1, 0.15) is 49.8 Å². The molecule has 4 heteroatoms. The van der Waals surface area contributed by atoms with E-state index in [4.69, 9.17) is 16.1 Å². The third kappa shape index (κ3) is 2.51. The summed E-state index contributed by atoms with van der Waals surface area (Å²) >= 11 is 0. The van der Waals surface area contributed by atoms with Crippen molar-refractivity contribution < 1.29 is 0 Å². The molecule has 0 amide bonds. The largest absolute Gasteiger partial charge is 0.384 e. The molecule has 1 aliphatic carbocycles. The number of nitrogen functional groups attached to an aromatic ring is 1. The molecule has 3 rings (SSSR count). The zero-order valence-corrected chi connectivity index (χ0v) is 12.2. The maximum absolute atomic E-state index is 7.65. The number of nitrogens with two attached hydrogens (primary N) is 1. The molecule has 2 fully saturated rings. The van der Waals surface area contributed by atoms with Crippen LogP contribution < -0.4 is 10.6 Å². The maximum atomic E-state index is 7.65. The number of amidine groups is 1. The molecule has 3 N–H and O–H groups in total.